The van der Waals surface area contributed by atoms with Crippen molar-refractivity contribution in [3.63, 3.8) is 0 Å². The van der Waals surface area contributed by atoms with Crippen molar-refractivity contribution >= 4 is 23.8 Å². The first kappa shape index (κ1) is 25.8. The molecule has 0 unspecified atom stereocenters. The van der Waals surface area contributed by atoms with E-state index in [1.807, 2.05) is 13.8 Å². The molecule has 1 aliphatic rings. The average molecular weight is 430 g/mol. The molecule has 1 rings (SSSR count). The zero-order chi connectivity index (χ0) is 22.6. The first-order chi connectivity index (χ1) is 14.4. The molecular formula is C20H34N2O8. The molecule has 0 spiro atoms. The van der Waals surface area contributed by atoms with Crippen LogP contribution in [0, 0.1) is 5.41 Å². The molecule has 0 aromatic carbocycles. The molecule has 2 atom stereocenters. The standard InChI is InChI=1S/C20H34N2O8/c1-3-10-29-16(25)14(12-23)21-18(27)20(8-6-5-7-9-20)19(28)22-15(13-24)17(26)30-11-4-2/h14-15,23-24H,3-13H2,1-2H3,(H,21,27)(H,22,28)/t14-,15-/m1/s1. The number of hydrogen-bond acceptors (Lipinski definition) is 8. The van der Waals surface area contributed by atoms with Gasteiger partial charge >= 0.3 is 11.9 Å². The van der Waals surface area contributed by atoms with Crippen LogP contribution in [0.5, 0.6) is 0 Å². The third-order valence-electron chi connectivity index (χ3n) is 5.02. The largest absolute Gasteiger partial charge is 0.464 e. The summed E-state index contributed by atoms with van der Waals surface area (Å²) in [6, 6.07) is -2.59. The van der Waals surface area contributed by atoms with Crippen LogP contribution in [0.25, 0.3) is 0 Å². The number of rotatable bonds is 12. The summed E-state index contributed by atoms with van der Waals surface area (Å²) in [5, 5.41) is 23.8. The van der Waals surface area contributed by atoms with Crippen molar-refractivity contribution in [2.75, 3.05) is 26.4 Å². The Balaban J connectivity index is 2.95. The minimum absolute atomic E-state index is 0.148. The van der Waals surface area contributed by atoms with Gasteiger partial charge in [-0.15, -0.1) is 0 Å². The number of nitrogens with one attached hydrogen (secondary N) is 2. The van der Waals surface area contributed by atoms with Gasteiger partial charge in [0, 0.05) is 0 Å². The Morgan fingerprint density at radius 1 is 0.800 bits per heavy atom. The third-order valence-corrected chi connectivity index (χ3v) is 5.02. The molecule has 1 aliphatic carbocycles. The van der Waals surface area contributed by atoms with Gasteiger partial charge in [-0.2, -0.15) is 0 Å². The lowest BCUT2D eigenvalue weighted by Crippen LogP contribution is -2.59. The molecule has 0 saturated heterocycles. The van der Waals surface area contributed by atoms with Crippen LogP contribution in [-0.2, 0) is 28.7 Å². The van der Waals surface area contributed by atoms with Crippen LogP contribution in [0.3, 0.4) is 0 Å². The number of carbonyl (C=O) groups is 4. The van der Waals surface area contributed by atoms with Crippen molar-refractivity contribution < 1.29 is 38.9 Å². The Labute approximate surface area is 176 Å². The van der Waals surface area contributed by atoms with Crippen molar-refractivity contribution in [2.45, 2.75) is 70.9 Å². The van der Waals surface area contributed by atoms with E-state index in [1.165, 1.54) is 0 Å². The van der Waals surface area contributed by atoms with Crippen LogP contribution in [0.2, 0.25) is 0 Å². The summed E-state index contributed by atoms with van der Waals surface area (Å²) in [6.07, 6.45) is 3.65. The fourth-order valence-corrected chi connectivity index (χ4v) is 3.27. The number of hydrogen-bond donors (Lipinski definition) is 4. The van der Waals surface area contributed by atoms with E-state index < -0.39 is 54.5 Å². The SMILES string of the molecule is CCCOC(=O)[C@@H](CO)NC(=O)C1(C(=O)N[C@H](CO)C(=O)OCCC)CCCCC1. The van der Waals surface area contributed by atoms with Crippen LogP contribution < -0.4 is 10.6 Å². The quantitative estimate of drug-likeness (QED) is 0.245. The first-order valence-corrected chi connectivity index (χ1v) is 10.5. The summed E-state index contributed by atoms with van der Waals surface area (Å²) >= 11 is 0. The Hall–Kier alpha value is -2.20. The van der Waals surface area contributed by atoms with E-state index in [1.54, 1.807) is 0 Å². The second-order valence-electron chi connectivity index (χ2n) is 7.40. The number of esters is 2. The summed E-state index contributed by atoms with van der Waals surface area (Å²) in [5.41, 5.74) is -1.52. The Kier molecular flexibility index (Phi) is 11.3. The van der Waals surface area contributed by atoms with Crippen molar-refractivity contribution in [2.24, 2.45) is 5.41 Å². The fourth-order valence-electron chi connectivity index (χ4n) is 3.27. The predicted molar refractivity (Wildman–Crippen MR) is 106 cm³/mol. The molecule has 10 heteroatoms. The molecule has 0 heterocycles. The summed E-state index contributed by atoms with van der Waals surface area (Å²) < 4.78 is 9.94. The summed E-state index contributed by atoms with van der Waals surface area (Å²) in [5.74, 6) is -3.00. The fraction of sp³-hybridized carbons (Fsp3) is 0.800. The van der Waals surface area contributed by atoms with E-state index in [9.17, 15) is 29.4 Å². The van der Waals surface area contributed by atoms with Gasteiger partial charge in [0.2, 0.25) is 11.8 Å². The van der Waals surface area contributed by atoms with Gasteiger partial charge in [-0.3, -0.25) is 9.59 Å². The van der Waals surface area contributed by atoms with Crippen molar-refractivity contribution in [1.29, 1.82) is 0 Å². The molecular weight excluding hydrogens is 396 g/mol. The van der Waals surface area contributed by atoms with Crippen molar-refractivity contribution in [3.8, 4) is 0 Å². The lowest BCUT2D eigenvalue weighted by molar-refractivity contribution is -0.156. The lowest BCUT2D eigenvalue weighted by Gasteiger charge is -2.36. The second kappa shape index (κ2) is 13.2. The highest BCUT2D eigenvalue weighted by Gasteiger charge is 2.48. The Morgan fingerprint density at radius 3 is 1.53 bits per heavy atom. The molecule has 0 bridgehead atoms. The molecule has 30 heavy (non-hydrogen) atoms. The molecule has 0 radical (unpaired) electrons. The maximum atomic E-state index is 13.1. The lowest BCUT2D eigenvalue weighted by atomic mass is 9.72. The van der Waals surface area contributed by atoms with Crippen LogP contribution in [0.15, 0.2) is 0 Å². The molecule has 4 N–H and O–H groups in total. The summed E-state index contributed by atoms with van der Waals surface area (Å²) in [6.45, 7) is 2.57. The van der Waals surface area contributed by atoms with E-state index >= 15 is 0 Å². The minimum Gasteiger partial charge on any atom is -0.464 e. The minimum atomic E-state index is -1.52. The number of amides is 2. The van der Waals surface area contributed by atoms with E-state index in [0.29, 0.717) is 25.7 Å². The second-order valence-corrected chi connectivity index (χ2v) is 7.40. The highest BCUT2D eigenvalue weighted by Crippen LogP contribution is 2.37. The van der Waals surface area contributed by atoms with Gasteiger partial charge in [-0.1, -0.05) is 33.1 Å². The van der Waals surface area contributed by atoms with E-state index in [2.05, 4.69) is 10.6 Å². The van der Waals surface area contributed by atoms with E-state index in [4.69, 9.17) is 9.47 Å². The van der Waals surface area contributed by atoms with Gasteiger partial charge in [-0.25, -0.2) is 9.59 Å². The predicted octanol–water partition coefficient (Wildman–Crippen LogP) is -0.202. The highest BCUT2D eigenvalue weighted by molar-refractivity contribution is 6.07. The van der Waals surface area contributed by atoms with Crippen LogP contribution >= 0.6 is 0 Å². The van der Waals surface area contributed by atoms with Gasteiger partial charge in [0.25, 0.3) is 0 Å². The third kappa shape index (κ3) is 6.94. The summed E-state index contributed by atoms with van der Waals surface area (Å²) in [4.78, 5) is 50.2. The number of aliphatic hydroxyl groups excluding tert-OH is 2. The maximum Gasteiger partial charge on any atom is 0.331 e. The van der Waals surface area contributed by atoms with Gasteiger partial charge in [0.05, 0.1) is 26.4 Å². The van der Waals surface area contributed by atoms with Crippen LogP contribution in [-0.4, -0.2) is 72.5 Å². The molecule has 172 valence electrons. The first-order valence-electron chi connectivity index (χ1n) is 10.5. The van der Waals surface area contributed by atoms with E-state index in [-0.39, 0.29) is 26.1 Å². The van der Waals surface area contributed by atoms with Crippen LogP contribution in [0.1, 0.15) is 58.8 Å². The molecule has 0 aromatic rings. The molecule has 10 nitrogen and oxygen atoms in total. The maximum absolute atomic E-state index is 13.1. The normalized spacial score (nSPS) is 17.3. The van der Waals surface area contributed by atoms with Crippen molar-refractivity contribution in [3.05, 3.63) is 0 Å². The molecule has 1 saturated carbocycles. The number of ether oxygens (including phenoxy) is 2. The number of aliphatic hydroxyl groups is 2. The monoisotopic (exact) mass is 430 g/mol. The summed E-state index contributed by atoms with van der Waals surface area (Å²) in [7, 11) is 0. The number of carbonyl (C=O) groups excluding carboxylic acids is 4. The zero-order valence-electron chi connectivity index (χ0n) is 17.8. The average Bonchev–Trinajstić information content (AvgIpc) is 2.77. The molecule has 1 fully saturated rings. The van der Waals surface area contributed by atoms with Crippen LogP contribution in [0.4, 0.5) is 0 Å². The molecule has 2 amide bonds. The zero-order valence-corrected chi connectivity index (χ0v) is 17.8. The van der Waals surface area contributed by atoms with Gasteiger partial charge in [0.1, 0.15) is 5.41 Å². The van der Waals surface area contributed by atoms with Gasteiger partial charge < -0.3 is 30.3 Å². The van der Waals surface area contributed by atoms with E-state index in [0.717, 1.165) is 6.42 Å². The molecule has 0 aromatic heterocycles. The smallest absolute Gasteiger partial charge is 0.331 e. The van der Waals surface area contributed by atoms with Gasteiger partial charge in [0.15, 0.2) is 12.1 Å². The van der Waals surface area contributed by atoms with Gasteiger partial charge in [-0.05, 0) is 25.7 Å². The Bertz CT molecular complexity index is 545. The van der Waals surface area contributed by atoms with Crippen molar-refractivity contribution in [1.82, 2.24) is 10.6 Å². The molecule has 0 aliphatic heterocycles. The highest BCUT2D eigenvalue weighted by atomic mass is 16.5. The topological polar surface area (TPSA) is 151 Å². The Morgan fingerprint density at radius 2 is 1.20 bits per heavy atom.